The summed E-state index contributed by atoms with van der Waals surface area (Å²) in [5.41, 5.74) is -0.831. The molecule has 0 aromatic heterocycles. The topological polar surface area (TPSA) is 69.7 Å². The van der Waals surface area contributed by atoms with Crippen LogP contribution in [0.25, 0.3) is 0 Å². The van der Waals surface area contributed by atoms with E-state index in [-0.39, 0.29) is 17.8 Å². The smallest absolute Gasteiger partial charge is 0.325 e. The Bertz CT molecular complexity index is 462. The van der Waals surface area contributed by atoms with E-state index in [2.05, 4.69) is 12.2 Å². The fraction of sp³-hybridized carbons (Fsp3) is 0.812. The molecule has 6 nitrogen and oxygen atoms in total. The van der Waals surface area contributed by atoms with E-state index in [1.54, 1.807) is 13.8 Å². The maximum Gasteiger partial charge on any atom is 0.325 e. The highest BCUT2D eigenvalue weighted by molar-refractivity contribution is 6.06. The van der Waals surface area contributed by atoms with Crippen molar-refractivity contribution in [1.82, 2.24) is 15.1 Å². The summed E-state index contributed by atoms with van der Waals surface area (Å²) < 4.78 is 0. The van der Waals surface area contributed by atoms with Crippen molar-refractivity contribution in [3.05, 3.63) is 0 Å². The molecule has 2 saturated heterocycles. The molecule has 2 heterocycles. The third-order valence-corrected chi connectivity index (χ3v) is 4.59. The maximum atomic E-state index is 12.2. The van der Waals surface area contributed by atoms with E-state index < -0.39 is 5.54 Å². The van der Waals surface area contributed by atoms with Gasteiger partial charge < -0.3 is 10.2 Å². The Balaban J connectivity index is 1.77. The number of urea groups is 1. The van der Waals surface area contributed by atoms with Crippen molar-refractivity contribution in [2.45, 2.75) is 58.4 Å². The van der Waals surface area contributed by atoms with Crippen LogP contribution in [0.1, 0.15) is 52.9 Å². The Morgan fingerprint density at radius 2 is 2.00 bits per heavy atom. The number of imide groups is 1. The average Bonchev–Trinajstić information content (AvgIpc) is 2.61. The first-order valence-corrected chi connectivity index (χ1v) is 8.23. The third-order valence-electron chi connectivity index (χ3n) is 4.59. The van der Waals surface area contributed by atoms with Crippen LogP contribution >= 0.6 is 0 Å². The Kier molecular flexibility index (Phi) is 5.08. The van der Waals surface area contributed by atoms with Gasteiger partial charge in [0.1, 0.15) is 5.54 Å². The molecule has 2 aliphatic rings. The van der Waals surface area contributed by atoms with Crippen LogP contribution in [0.5, 0.6) is 0 Å². The van der Waals surface area contributed by atoms with Gasteiger partial charge in [0, 0.05) is 26.1 Å². The van der Waals surface area contributed by atoms with Gasteiger partial charge in [-0.15, -0.1) is 0 Å². The first kappa shape index (κ1) is 16.8. The molecule has 6 heteroatoms. The van der Waals surface area contributed by atoms with Crippen LogP contribution in [-0.2, 0) is 9.59 Å². The summed E-state index contributed by atoms with van der Waals surface area (Å²) >= 11 is 0. The Labute approximate surface area is 132 Å². The zero-order valence-corrected chi connectivity index (χ0v) is 13.9. The van der Waals surface area contributed by atoms with Gasteiger partial charge >= 0.3 is 6.03 Å². The van der Waals surface area contributed by atoms with Crippen molar-refractivity contribution in [2.75, 3.05) is 19.6 Å². The lowest BCUT2D eigenvalue weighted by Gasteiger charge is -2.21. The molecular weight excluding hydrogens is 282 g/mol. The first-order chi connectivity index (χ1) is 10.3. The summed E-state index contributed by atoms with van der Waals surface area (Å²) in [4.78, 5) is 39.2. The van der Waals surface area contributed by atoms with Gasteiger partial charge in [0.25, 0.3) is 5.91 Å². The van der Waals surface area contributed by atoms with Crippen LogP contribution in [0.4, 0.5) is 4.79 Å². The molecule has 2 rings (SSSR count). The zero-order valence-electron chi connectivity index (χ0n) is 13.9. The molecule has 2 aliphatic heterocycles. The molecule has 0 unspecified atom stereocenters. The third kappa shape index (κ3) is 3.78. The minimum atomic E-state index is -0.831. The molecule has 0 aromatic carbocycles. The Hall–Kier alpha value is -1.59. The molecule has 124 valence electrons. The van der Waals surface area contributed by atoms with Crippen molar-refractivity contribution in [1.29, 1.82) is 0 Å². The van der Waals surface area contributed by atoms with Gasteiger partial charge in [-0.05, 0) is 45.4 Å². The normalized spacial score (nSPS) is 25.1. The lowest BCUT2D eigenvalue weighted by atomic mass is 10.0. The standard InChI is InChI=1S/C16H27N3O3/c1-12-6-4-9-18(11-8-12)13(20)7-5-10-19-14(21)16(2,3)17-15(19)22/h12H,4-11H2,1-3H3,(H,17,22)/t12-/m0/s1. The second kappa shape index (κ2) is 6.67. The van der Waals surface area contributed by atoms with Crippen LogP contribution in [0, 0.1) is 5.92 Å². The van der Waals surface area contributed by atoms with Crippen LogP contribution < -0.4 is 5.32 Å². The van der Waals surface area contributed by atoms with E-state index in [1.807, 2.05) is 4.90 Å². The Morgan fingerprint density at radius 3 is 2.64 bits per heavy atom. The average molecular weight is 309 g/mol. The second-order valence-electron chi connectivity index (χ2n) is 7.03. The number of hydrogen-bond donors (Lipinski definition) is 1. The van der Waals surface area contributed by atoms with Crippen molar-refractivity contribution in [3.63, 3.8) is 0 Å². The van der Waals surface area contributed by atoms with Gasteiger partial charge in [-0.25, -0.2) is 4.79 Å². The number of carbonyl (C=O) groups excluding carboxylic acids is 3. The van der Waals surface area contributed by atoms with Gasteiger partial charge in [0.15, 0.2) is 0 Å². The number of likely N-dealkylation sites (tertiary alicyclic amines) is 1. The van der Waals surface area contributed by atoms with Crippen LogP contribution in [-0.4, -0.2) is 52.8 Å². The summed E-state index contributed by atoms with van der Waals surface area (Å²) in [5, 5.41) is 2.65. The largest absolute Gasteiger partial charge is 0.343 e. The van der Waals surface area contributed by atoms with Crippen LogP contribution in [0.15, 0.2) is 0 Å². The van der Waals surface area contributed by atoms with Crippen molar-refractivity contribution in [3.8, 4) is 0 Å². The van der Waals surface area contributed by atoms with Crippen molar-refractivity contribution >= 4 is 17.8 Å². The highest BCUT2D eigenvalue weighted by Crippen LogP contribution is 2.19. The minimum Gasteiger partial charge on any atom is -0.343 e. The van der Waals surface area contributed by atoms with E-state index in [0.29, 0.717) is 25.3 Å². The van der Waals surface area contributed by atoms with Gasteiger partial charge in [0.05, 0.1) is 0 Å². The van der Waals surface area contributed by atoms with Gasteiger partial charge in [-0.1, -0.05) is 6.92 Å². The number of nitrogens with one attached hydrogen (secondary N) is 1. The fourth-order valence-corrected chi connectivity index (χ4v) is 3.08. The Morgan fingerprint density at radius 1 is 1.27 bits per heavy atom. The highest BCUT2D eigenvalue weighted by atomic mass is 16.2. The fourth-order valence-electron chi connectivity index (χ4n) is 3.08. The van der Waals surface area contributed by atoms with E-state index >= 15 is 0 Å². The summed E-state index contributed by atoms with van der Waals surface area (Å²) in [6.45, 7) is 7.58. The molecule has 0 aromatic rings. The van der Waals surface area contributed by atoms with Crippen molar-refractivity contribution < 1.29 is 14.4 Å². The van der Waals surface area contributed by atoms with Gasteiger partial charge in [0.2, 0.25) is 5.91 Å². The van der Waals surface area contributed by atoms with Gasteiger partial charge in [-0.3, -0.25) is 14.5 Å². The minimum absolute atomic E-state index is 0.139. The monoisotopic (exact) mass is 309 g/mol. The molecule has 0 aliphatic carbocycles. The molecule has 0 saturated carbocycles. The summed E-state index contributed by atoms with van der Waals surface area (Å²) in [7, 11) is 0. The van der Waals surface area contributed by atoms with E-state index in [1.165, 1.54) is 11.3 Å². The van der Waals surface area contributed by atoms with E-state index in [0.717, 1.165) is 25.9 Å². The molecule has 0 radical (unpaired) electrons. The summed E-state index contributed by atoms with van der Waals surface area (Å²) in [6.07, 6.45) is 4.23. The second-order valence-corrected chi connectivity index (χ2v) is 7.03. The van der Waals surface area contributed by atoms with Crippen LogP contribution in [0.2, 0.25) is 0 Å². The van der Waals surface area contributed by atoms with E-state index in [9.17, 15) is 14.4 Å². The lowest BCUT2D eigenvalue weighted by molar-refractivity contribution is -0.133. The lowest BCUT2D eigenvalue weighted by Crippen LogP contribution is -2.40. The molecular formula is C16H27N3O3. The van der Waals surface area contributed by atoms with Gasteiger partial charge in [-0.2, -0.15) is 0 Å². The van der Waals surface area contributed by atoms with E-state index in [4.69, 9.17) is 0 Å². The molecule has 2 fully saturated rings. The maximum absolute atomic E-state index is 12.2. The molecule has 4 amide bonds. The predicted molar refractivity (Wildman–Crippen MR) is 83.2 cm³/mol. The molecule has 0 spiro atoms. The number of rotatable bonds is 4. The summed E-state index contributed by atoms with van der Waals surface area (Å²) in [6, 6.07) is -0.356. The molecule has 0 bridgehead atoms. The zero-order chi connectivity index (χ0) is 16.3. The predicted octanol–water partition coefficient (Wildman–Crippen LogP) is 1.75. The van der Waals surface area contributed by atoms with Crippen molar-refractivity contribution in [2.24, 2.45) is 5.92 Å². The number of nitrogens with zero attached hydrogens (tertiary/aromatic N) is 2. The number of amides is 4. The first-order valence-electron chi connectivity index (χ1n) is 8.23. The molecule has 1 atom stereocenters. The summed E-state index contributed by atoms with van der Waals surface area (Å²) in [5.74, 6) is 0.611. The quantitative estimate of drug-likeness (QED) is 0.804. The molecule has 22 heavy (non-hydrogen) atoms. The van der Waals surface area contributed by atoms with Crippen LogP contribution in [0.3, 0.4) is 0 Å². The SMILES string of the molecule is C[C@H]1CCCN(C(=O)CCCN2C(=O)NC(C)(C)C2=O)CC1. The number of carbonyl (C=O) groups is 3. The highest BCUT2D eigenvalue weighted by Gasteiger charge is 2.43. The number of hydrogen-bond acceptors (Lipinski definition) is 3. The molecule has 1 N–H and O–H groups in total.